The molecule has 0 amide bonds. The van der Waals surface area contributed by atoms with Gasteiger partial charge in [0.1, 0.15) is 22.8 Å². The standard InChI is InChI=1S/C38H52N6O4/c1-7-41(31-17-21-43(25-31)35-33(11-9-19-39-35)37(45)47-27(3)4)23-29-13-15-30(16-14-29)24-42(8-2)32-18-22-44(26-32)36-34(12-10-20-40-36)38(46)48-28(5)6/h9-16,19-20,27-28,31-32H,7-8,17-18,21-26H2,1-6H3/t31-,32+. The average Bonchev–Trinajstić information content (AvgIpc) is 3.77. The summed E-state index contributed by atoms with van der Waals surface area (Å²) in [6.07, 6.45) is 5.18. The Morgan fingerprint density at radius 3 is 1.46 bits per heavy atom. The van der Waals surface area contributed by atoms with Crippen LogP contribution in [0.3, 0.4) is 0 Å². The third-order valence-electron chi connectivity index (χ3n) is 9.26. The van der Waals surface area contributed by atoms with Gasteiger partial charge in [0.15, 0.2) is 0 Å². The molecule has 2 aliphatic heterocycles. The summed E-state index contributed by atoms with van der Waals surface area (Å²) >= 11 is 0. The van der Waals surface area contributed by atoms with Gasteiger partial charge in [-0.2, -0.15) is 0 Å². The average molecular weight is 657 g/mol. The molecule has 0 N–H and O–H groups in total. The van der Waals surface area contributed by atoms with Gasteiger partial charge in [0.2, 0.25) is 0 Å². The van der Waals surface area contributed by atoms with Gasteiger partial charge in [-0.15, -0.1) is 0 Å². The van der Waals surface area contributed by atoms with Gasteiger partial charge in [-0.3, -0.25) is 9.80 Å². The largest absolute Gasteiger partial charge is 0.459 e. The van der Waals surface area contributed by atoms with E-state index in [0.29, 0.717) is 34.8 Å². The molecule has 2 atom stereocenters. The van der Waals surface area contributed by atoms with Gasteiger partial charge in [-0.05, 0) is 89.0 Å². The Balaban J connectivity index is 1.17. The number of esters is 2. The SMILES string of the molecule is CCN(Cc1ccc(CN(CC)[C@H]2CCN(c3ncccc3C(=O)OC(C)C)C2)cc1)[C@@H]1CCN(c2ncccc2C(=O)OC(C)C)C1. The van der Waals surface area contributed by atoms with E-state index in [-0.39, 0.29) is 24.1 Å². The second-order valence-electron chi connectivity index (χ2n) is 13.4. The first-order chi connectivity index (χ1) is 23.2. The van der Waals surface area contributed by atoms with Gasteiger partial charge in [-0.1, -0.05) is 38.1 Å². The molecule has 0 aliphatic carbocycles. The zero-order chi connectivity index (χ0) is 34.2. The summed E-state index contributed by atoms with van der Waals surface area (Å²) in [5.41, 5.74) is 3.66. The second kappa shape index (κ2) is 16.4. The quantitative estimate of drug-likeness (QED) is 0.198. The minimum absolute atomic E-state index is 0.175. The van der Waals surface area contributed by atoms with Crippen LogP contribution in [0.2, 0.25) is 0 Å². The number of hydrogen-bond donors (Lipinski definition) is 0. The fourth-order valence-electron chi connectivity index (χ4n) is 6.85. The Hall–Kier alpha value is -4.02. The molecule has 5 rings (SSSR count). The van der Waals surface area contributed by atoms with Gasteiger partial charge in [-0.25, -0.2) is 19.6 Å². The normalized spacial score (nSPS) is 18.0. The Kier molecular flexibility index (Phi) is 12.1. The maximum absolute atomic E-state index is 12.7. The predicted molar refractivity (Wildman–Crippen MR) is 189 cm³/mol. The highest BCUT2D eigenvalue weighted by atomic mass is 16.5. The van der Waals surface area contributed by atoms with Crippen LogP contribution in [0, 0.1) is 0 Å². The number of nitrogens with zero attached hydrogens (tertiary/aromatic N) is 6. The summed E-state index contributed by atoms with van der Waals surface area (Å²) < 4.78 is 11.0. The number of benzene rings is 1. The van der Waals surface area contributed by atoms with E-state index in [1.54, 1.807) is 24.5 Å². The number of carbonyl (C=O) groups is 2. The van der Waals surface area contributed by atoms with Gasteiger partial charge in [0.05, 0.1) is 12.2 Å². The molecule has 3 aromatic rings. The number of ether oxygens (including phenoxy) is 2. The Labute approximate surface area is 286 Å². The van der Waals surface area contributed by atoms with E-state index in [2.05, 4.69) is 67.7 Å². The van der Waals surface area contributed by atoms with Crippen molar-refractivity contribution in [2.24, 2.45) is 0 Å². The van der Waals surface area contributed by atoms with Crippen molar-refractivity contribution in [1.29, 1.82) is 0 Å². The van der Waals surface area contributed by atoms with E-state index in [9.17, 15) is 9.59 Å². The van der Waals surface area contributed by atoms with Crippen molar-refractivity contribution in [3.05, 3.63) is 83.2 Å². The predicted octanol–water partition coefficient (Wildman–Crippen LogP) is 5.81. The first-order valence-corrected chi connectivity index (χ1v) is 17.5. The summed E-state index contributed by atoms with van der Waals surface area (Å²) in [6, 6.07) is 17.0. The molecule has 2 aromatic heterocycles. The zero-order valence-corrected chi connectivity index (χ0v) is 29.5. The topological polar surface area (TPSA) is 91.3 Å². The molecular weight excluding hydrogens is 604 g/mol. The number of likely N-dealkylation sites (N-methyl/N-ethyl adjacent to an activating group) is 2. The number of rotatable bonds is 14. The molecule has 0 saturated carbocycles. The Morgan fingerprint density at radius 2 is 1.10 bits per heavy atom. The summed E-state index contributed by atoms with van der Waals surface area (Å²) in [5.74, 6) is 0.792. The molecule has 2 saturated heterocycles. The van der Waals surface area contributed by atoms with Crippen LogP contribution in [0.25, 0.3) is 0 Å². The van der Waals surface area contributed by atoms with Crippen LogP contribution in [0.5, 0.6) is 0 Å². The minimum atomic E-state index is -0.318. The first-order valence-electron chi connectivity index (χ1n) is 17.5. The van der Waals surface area contributed by atoms with Gasteiger partial charge in [0.25, 0.3) is 0 Å². The van der Waals surface area contributed by atoms with Crippen molar-refractivity contribution in [1.82, 2.24) is 19.8 Å². The first kappa shape index (κ1) is 35.3. The highest BCUT2D eigenvalue weighted by molar-refractivity contribution is 5.95. The lowest BCUT2D eigenvalue weighted by atomic mass is 10.1. The monoisotopic (exact) mass is 656 g/mol. The minimum Gasteiger partial charge on any atom is -0.459 e. The molecule has 0 spiro atoms. The van der Waals surface area contributed by atoms with Crippen molar-refractivity contribution in [2.45, 2.75) is 91.8 Å². The molecule has 1 aromatic carbocycles. The number of hydrogen-bond acceptors (Lipinski definition) is 10. The van der Waals surface area contributed by atoms with Crippen LogP contribution in [0.15, 0.2) is 60.9 Å². The van der Waals surface area contributed by atoms with Crippen LogP contribution in [0.4, 0.5) is 11.6 Å². The second-order valence-corrected chi connectivity index (χ2v) is 13.4. The summed E-state index contributed by atoms with van der Waals surface area (Å²) in [4.78, 5) is 44.2. The van der Waals surface area contributed by atoms with Crippen LogP contribution in [0.1, 0.15) is 86.2 Å². The van der Waals surface area contributed by atoms with Crippen LogP contribution >= 0.6 is 0 Å². The maximum Gasteiger partial charge on any atom is 0.342 e. The van der Waals surface area contributed by atoms with Crippen molar-refractivity contribution in [3.63, 3.8) is 0 Å². The number of anilines is 2. The van der Waals surface area contributed by atoms with Crippen molar-refractivity contribution >= 4 is 23.6 Å². The fourth-order valence-corrected chi connectivity index (χ4v) is 6.85. The molecule has 2 aliphatic rings. The Bertz CT molecular complexity index is 1400. The fraction of sp³-hybridized carbons (Fsp3) is 0.526. The molecule has 258 valence electrons. The van der Waals surface area contributed by atoms with E-state index in [1.807, 2.05) is 39.8 Å². The lowest BCUT2D eigenvalue weighted by Gasteiger charge is -2.29. The molecule has 0 unspecified atom stereocenters. The van der Waals surface area contributed by atoms with E-state index in [1.165, 1.54) is 11.1 Å². The molecule has 10 nitrogen and oxygen atoms in total. The van der Waals surface area contributed by atoms with Crippen molar-refractivity contribution < 1.29 is 19.1 Å². The molecule has 4 heterocycles. The third-order valence-corrected chi connectivity index (χ3v) is 9.26. The molecule has 48 heavy (non-hydrogen) atoms. The molecular formula is C38H52N6O4. The van der Waals surface area contributed by atoms with Crippen LogP contribution in [-0.4, -0.2) is 95.3 Å². The lowest BCUT2D eigenvalue weighted by molar-refractivity contribution is 0.0367. The van der Waals surface area contributed by atoms with Gasteiger partial charge in [0, 0.05) is 63.7 Å². The van der Waals surface area contributed by atoms with E-state index >= 15 is 0 Å². The number of carbonyl (C=O) groups excluding carboxylic acids is 2. The molecule has 2 fully saturated rings. The van der Waals surface area contributed by atoms with E-state index in [4.69, 9.17) is 9.47 Å². The van der Waals surface area contributed by atoms with Crippen molar-refractivity contribution in [2.75, 3.05) is 49.1 Å². The maximum atomic E-state index is 12.7. The number of pyridine rings is 2. The molecule has 10 heteroatoms. The highest BCUT2D eigenvalue weighted by Gasteiger charge is 2.32. The zero-order valence-electron chi connectivity index (χ0n) is 29.5. The summed E-state index contributed by atoms with van der Waals surface area (Å²) in [5, 5.41) is 0. The Morgan fingerprint density at radius 1 is 0.708 bits per heavy atom. The third kappa shape index (κ3) is 8.71. The highest BCUT2D eigenvalue weighted by Crippen LogP contribution is 2.28. The molecule has 0 radical (unpaired) electrons. The summed E-state index contributed by atoms with van der Waals surface area (Å²) in [7, 11) is 0. The van der Waals surface area contributed by atoms with Crippen molar-refractivity contribution in [3.8, 4) is 0 Å². The van der Waals surface area contributed by atoms with E-state index in [0.717, 1.165) is 65.2 Å². The van der Waals surface area contributed by atoms with Gasteiger partial charge >= 0.3 is 11.9 Å². The number of aromatic nitrogens is 2. The smallest absolute Gasteiger partial charge is 0.342 e. The van der Waals surface area contributed by atoms with Gasteiger partial charge < -0.3 is 19.3 Å². The van der Waals surface area contributed by atoms with E-state index < -0.39 is 0 Å². The van der Waals surface area contributed by atoms with Crippen LogP contribution in [-0.2, 0) is 22.6 Å². The lowest BCUT2D eigenvalue weighted by Crippen LogP contribution is -2.37. The summed E-state index contributed by atoms with van der Waals surface area (Å²) in [6.45, 7) is 18.9. The molecule has 0 bridgehead atoms. The van der Waals surface area contributed by atoms with Crippen LogP contribution < -0.4 is 9.80 Å².